The van der Waals surface area contributed by atoms with Gasteiger partial charge in [-0.3, -0.25) is 0 Å². The predicted octanol–water partition coefficient (Wildman–Crippen LogP) is 6.82. The molecule has 0 aliphatic carbocycles. The Balaban J connectivity index is 1.93. The summed E-state index contributed by atoms with van der Waals surface area (Å²) in [6.45, 7) is 7.16. The molecule has 184 valence electrons. The molecule has 1 saturated heterocycles. The summed E-state index contributed by atoms with van der Waals surface area (Å²) in [5.74, 6) is -1.39. The van der Waals surface area contributed by atoms with E-state index in [1.807, 2.05) is 20.8 Å². The van der Waals surface area contributed by atoms with Gasteiger partial charge in [0.1, 0.15) is 0 Å². The van der Waals surface area contributed by atoms with Gasteiger partial charge in [0.05, 0.1) is 18.4 Å². The molecule has 2 rings (SSSR count). The highest BCUT2D eigenvalue weighted by Crippen LogP contribution is 2.37. The number of ether oxygens (including phenoxy) is 3. The number of unbranched alkanes of at least 4 members (excludes halogenated alkanes) is 3. The van der Waals surface area contributed by atoms with Crippen molar-refractivity contribution in [3.63, 3.8) is 0 Å². The molecule has 10 heteroatoms. The van der Waals surface area contributed by atoms with Crippen LogP contribution in [0.3, 0.4) is 0 Å². The minimum atomic E-state index is -4.74. The van der Waals surface area contributed by atoms with Gasteiger partial charge in [-0.15, -0.1) is 0 Å². The summed E-state index contributed by atoms with van der Waals surface area (Å²) in [5, 5.41) is 3.50. The van der Waals surface area contributed by atoms with Crippen LogP contribution in [0.2, 0.25) is 0 Å². The largest absolute Gasteiger partial charge is 0.468 e. The first kappa shape index (κ1) is 27.0. The molecule has 7 nitrogen and oxygen atoms in total. The van der Waals surface area contributed by atoms with Gasteiger partial charge >= 0.3 is 6.18 Å². The van der Waals surface area contributed by atoms with Crippen LogP contribution >= 0.6 is 0 Å². The van der Waals surface area contributed by atoms with Crippen molar-refractivity contribution in [1.82, 2.24) is 0 Å². The van der Waals surface area contributed by atoms with Crippen LogP contribution in [0.15, 0.2) is 40.4 Å². The zero-order valence-corrected chi connectivity index (χ0v) is 19.4. The molecule has 0 radical (unpaired) electrons. The maximum Gasteiger partial charge on any atom is 0.468 e. The number of alkyl halides is 3. The Labute approximate surface area is 192 Å². The smallest absolute Gasteiger partial charge is 0.444 e. The summed E-state index contributed by atoms with van der Waals surface area (Å²) in [5.41, 5.74) is 8.41. The second-order valence-corrected chi connectivity index (χ2v) is 8.43. The third kappa shape index (κ3) is 8.87. The van der Waals surface area contributed by atoms with Crippen LogP contribution in [0, 0.1) is 17.8 Å². The minimum Gasteiger partial charge on any atom is -0.444 e. The van der Waals surface area contributed by atoms with E-state index in [-0.39, 0.29) is 36.2 Å². The van der Waals surface area contributed by atoms with Crippen LogP contribution in [-0.2, 0) is 14.2 Å². The summed E-state index contributed by atoms with van der Waals surface area (Å²) in [6, 6.07) is 7.90. The van der Waals surface area contributed by atoms with Gasteiger partial charge in [0.15, 0.2) is 0 Å². The summed E-state index contributed by atoms with van der Waals surface area (Å²) >= 11 is 0. The first-order valence-corrected chi connectivity index (χ1v) is 11.4. The lowest BCUT2D eigenvalue weighted by molar-refractivity contribution is -0.237. The molecule has 1 aliphatic heterocycles. The van der Waals surface area contributed by atoms with Crippen molar-refractivity contribution in [1.29, 1.82) is 0 Å². The number of rotatable bonds is 11. The highest BCUT2D eigenvalue weighted by Gasteiger charge is 2.45. The fraction of sp³-hybridized carbons (Fsp3) is 0.696. The Kier molecular flexibility index (Phi) is 11.0. The van der Waals surface area contributed by atoms with Crippen molar-refractivity contribution in [3.05, 3.63) is 40.8 Å². The summed E-state index contributed by atoms with van der Waals surface area (Å²) in [7, 11) is 0. The number of hydrogen-bond donors (Lipinski definition) is 0. The number of para-hydroxylation sites is 1. The predicted molar refractivity (Wildman–Crippen MR) is 120 cm³/mol. The van der Waals surface area contributed by atoms with E-state index in [1.54, 1.807) is 18.2 Å². The number of benzene rings is 1. The maximum absolute atomic E-state index is 13.6. The van der Waals surface area contributed by atoms with Gasteiger partial charge in [-0.2, -0.15) is 13.2 Å². The average Bonchev–Trinajstić information content (AvgIpc) is 2.78. The van der Waals surface area contributed by atoms with Gasteiger partial charge in [0, 0.05) is 24.0 Å². The van der Waals surface area contributed by atoms with Crippen molar-refractivity contribution in [2.75, 3.05) is 19.8 Å². The number of azide groups is 1. The van der Waals surface area contributed by atoms with Crippen LogP contribution in [0.5, 0.6) is 0 Å². The molecule has 0 N–H and O–H groups in total. The summed E-state index contributed by atoms with van der Waals surface area (Å²) < 4.78 is 57.9. The Morgan fingerprint density at radius 2 is 1.73 bits per heavy atom. The van der Waals surface area contributed by atoms with E-state index in [0.29, 0.717) is 13.2 Å². The van der Waals surface area contributed by atoms with Gasteiger partial charge in [-0.1, -0.05) is 56.9 Å². The van der Waals surface area contributed by atoms with Gasteiger partial charge < -0.3 is 14.2 Å². The highest BCUT2D eigenvalue weighted by atomic mass is 19.4. The van der Waals surface area contributed by atoms with Crippen molar-refractivity contribution in [2.24, 2.45) is 27.9 Å². The van der Waals surface area contributed by atoms with Gasteiger partial charge in [0.2, 0.25) is 6.29 Å². The first-order valence-electron chi connectivity index (χ1n) is 11.4. The lowest BCUT2D eigenvalue weighted by Crippen LogP contribution is -2.49. The minimum absolute atomic E-state index is 0.0734. The normalized spacial score (nSPS) is 26.0. The number of hydrogen-bond acceptors (Lipinski definition) is 5. The van der Waals surface area contributed by atoms with Crippen molar-refractivity contribution in [3.8, 4) is 0 Å². The molecule has 1 fully saturated rings. The standard InChI is InChI=1S/C23H33F3N4O3/c1-16-17(2)20(15-31-14-10-5-4-9-13-28-30-27)32-21(18(16)3)33-22(23(24,25)26)29-19-11-7-6-8-12-19/h6-8,11-12,16-18,20-21H,4-5,9-10,13-15H2,1-3H3/t16-,17+,18?,20?,21-/m0/s1. The Morgan fingerprint density at radius 1 is 1.03 bits per heavy atom. The van der Waals surface area contributed by atoms with Crippen molar-refractivity contribution >= 4 is 11.6 Å². The van der Waals surface area contributed by atoms with E-state index in [9.17, 15) is 13.2 Å². The van der Waals surface area contributed by atoms with E-state index in [1.165, 1.54) is 12.1 Å². The quantitative estimate of drug-likeness (QED) is 0.0888. The van der Waals surface area contributed by atoms with Gasteiger partial charge in [-0.05, 0) is 42.3 Å². The van der Waals surface area contributed by atoms with Gasteiger partial charge in [0.25, 0.3) is 5.90 Å². The van der Waals surface area contributed by atoms with E-state index in [0.717, 1.165) is 25.7 Å². The molecule has 1 heterocycles. The second kappa shape index (κ2) is 13.4. The molecular formula is C23H33F3N4O3. The molecule has 33 heavy (non-hydrogen) atoms. The topological polar surface area (TPSA) is 88.8 Å². The van der Waals surface area contributed by atoms with Crippen LogP contribution in [0.4, 0.5) is 18.9 Å². The third-order valence-electron chi connectivity index (χ3n) is 6.08. The van der Waals surface area contributed by atoms with Crippen LogP contribution in [0.25, 0.3) is 10.4 Å². The fourth-order valence-electron chi connectivity index (χ4n) is 3.68. The zero-order valence-electron chi connectivity index (χ0n) is 19.4. The average molecular weight is 471 g/mol. The van der Waals surface area contributed by atoms with E-state index in [2.05, 4.69) is 15.0 Å². The molecule has 5 atom stereocenters. The molecule has 1 aromatic rings. The lowest BCUT2D eigenvalue weighted by Gasteiger charge is -2.43. The van der Waals surface area contributed by atoms with Crippen molar-refractivity contribution < 1.29 is 27.4 Å². The van der Waals surface area contributed by atoms with Crippen LogP contribution in [0.1, 0.15) is 46.5 Å². The fourth-order valence-corrected chi connectivity index (χ4v) is 3.68. The van der Waals surface area contributed by atoms with E-state index < -0.39 is 18.4 Å². The van der Waals surface area contributed by atoms with Crippen LogP contribution in [-0.4, -0.2) is 44.2 Å². The summed E-state index contributed by atoms with van der Waals surface area (Å²) in [4.78, 5) is 6.40. The SMILES string of the molecule is CC1[C@H](OC(=Nc2ccccc2)C(F)(F)F)OC(COCCCCCCN=[N+]=[N-])[C@H](C)[C@@H]1C. The van der Waals surface area contributed by atoms with Crippen LogP contribution < -0.4 is 0 Å². The highest BCUT2D eigenvalue weighted by molar-refractivity contribution is 5.84. The Bertz CT molecular complexity index is 785. The first-order chi connectivity index (χ1) is 15.7. The molecule has 0 spiro atoms. The lowest BCUT2D eigenvalue weighted by atomic mass is 9.79. The summed E-state index contributed by atoms with van der Waals surface area (Å²) in [6.07, 6.45) is -2.60. The van der Waals surface area contributed by atoms with Crippen molar-refractivity contribution in [2.45, 2.75) is 65.0 Å². The second-order valence-electron chi connectivity index (χ2n) is 8.43. The maximum atomic E-state index is 13.6. The molecule has 1 aliphatic rings. The number of aliphatic imine (C=N–C) groups is 1. The number of halogens is 3. The zero-order chi connectivity index (χ0) is 24.3. The molecule has 0 aromatic heterocycles. The van der Waals surface area contributed by atoms with Gasteiger partial charge in [-0.25, -0.2) is 4.99 Å². The third-order valence-corrected chi connectivity index (χ3v) is 6.08. The Hall–Kier alpha value is -2.29. The number of nitrogens with zero attached hydrogens (tertiary/aromatic N) is 4. The molecule has 0 saturated carbocycles. The van der Waals surface area contributed by atoms with E-state index >= 15 is 0 Å². The molecule has 0 bridgehead atoms. The molecule has 2 unspecified atom stereocenters. The molecule has 0 amide bonds. The van der Waals surface area contributed by atoms with E-state index in [4.69, 9.17) is 19.7 Å². The monoisotopic (exact) mass is 470 g/mol. The molecular weight excluding hydrogens is 437 g/mol. The molecule has 1 aromatic carbocycles. The Morgan fingerprint density at radius 3 is 2.39 bits per heavy atom.